The molecule has 0 aliphatic rings. The first kappa shape index (κ1) is 12.0. The number of amides is 1. The molecule has 0 atom stereocenters. The summed E-state index contributed by atoms with van der Waals surface area (Å²) < 4.78 is 10.1. The van der Waals surface area contributed by atoms with Crippen LogP contribution in [0, 0.1) is 0 Å². The van der Waals surface area contributed by atoms with E-state index in [0.29, 0.717) is 13.2 Å². The SMILES string of the molecule is C=CCN=C(NC(=O)c1ccco1)OCC. The molecule has 1 rings (SSSR count). The zero-order valence-corrected chi connectivity index (χ0v) is 9.10. The number of ether oxygens (including phenoxy) is 1. The van der Waals surface area contributed by atoms with Gasteiger partial charge in [0.15, 0.2) is 5.76 Å². The van der Waals surface area contributed by atoms with E-state index < -0.39 is 0 Å². The molecule has 1 N–H and O–H groups in total. The van der Waals surface area contributed by atoms with Gasteiger partial charge in [-0.2, -0.15) is 0 Å². The Bertz CT molecular complexity index is 369. The molecule has 86 valence electrons. The van der Waals surface area contributed by atoms with Gasteiger partial charge < -0.3 is 9.15 Å². The first-order valence-corrected chi connectivity index (χ1v) is 4.91. The van der Waals surface area contributed by atoms with Crippen LogP contribution in [0.25, 0.3) is 0 Å². The number of aliphatic imine (C=N–C) groups is 1. The second kappa shape index (κ2) is 6.44. The van der Waals surface area contributed by atoms with Crippen molar-refractivity contribution in [2.24, 2.45) is 4.99 Å². The number of hydrogen-bond donors (Lipinski definition) is 1. The summed E-state index contributed by atoms with van der Waals surface area (Å²) in [4.78, 5) is 15.5. The fourth-order valence-corrected chi connectivity index (χ4v) is 0.972. The fraction of sp³-hybridized carbons (Fsp3) is 0.273. The average molecular weight is 222 g/mol. The van der Waals surface area contributed by atoms with Crippen LogP contribution in [0.4, 0.5) is 0 Å². The zero-order chi connectivity index (χ0) is 11.8. The Hall–Kier alpha value is -2.04. The van der Waals surface area contributed by atoms with Crippen LogP contribution in [0.5, 0.6) is 0 Å². The van der Waals surface area contributed by atoms with E-state index in [4.69, 9.17) is 9.15 Å². The second-order valence-electron chi connectivity index (χ2n) is 2.80. The van der Waals surface area contributed by atoms with Crippen molar-refractivity contribution in [3.05, 3.63) is 36.8 Å². The van der Waals surface area contributed by atoms with Gasteiger partial charge in [-0.15, -0.1) is 6.58 Å². The Balaban J connectivity index is 2.61. The maximum Gasteiger partial charge on any atom is 0.294 e. The lowest BCUT2D eigenvalue weighted by Crippen LogP contribution is -2.32. The molecule has 0 saturated heterocycles. The maximum absolute atomic E-state index is 11.6. The van der Waals surface area contributed by atoms with Gasteiger partial charge in [-0.25, -0.2) is 4.99 Å². The molecule has 0 radical (unpaired) electrons. The largest absolute Gasteiger partial charge is 0.465 e. The molecule has 0 unspecified atom stereocenters. The van der Waals surface area contributed by atoms with Crippen LogP contribution in [-0.2, 0) is 4.74 Å². The molecule has 0 fully saturated rings. The van der Waals surface area contributed by atoms with Gasteiger partial charge in [-0.3, -0.25) is 10.1 Å². The van der Waals surface area contributed by atoms with Gasteiger partial charge >= 0.3 is 0 Å². The van der Waals surface area contributed by atoms with E-state index in [2.05, 4.69) is 16.9 Å². The summed E-state index contributed by atoms with van der Waals surface area (Å²) in [6, 6.07) is 3.37. The normalized spacial score (nSPS) is 10.9. The first-order chi connectivity index (χ1) is 7.77. The number of nitrogens with one attached hydrogen (secondary N) is 1. The number of amidine groups is 1. The van der Waals surface area contributed by atoms with Crippen molar-refractivity contribution in [3.8, 4) is 0 Å². The van der Waals surface area contributed by atoms with Gasteiger partial charge in [0.2, 0.25) is 0 Å². The third-order valence-electron chi connectivity index (χ3n) is 1.61. The van der Waals surface area contributed by atoms with Gasteiger partial charge in [-0.05, 0) is 19.1 Å². The van der Waals surface area contributed by atoms with Crippen LogP contribution >= 0.6 is 0 Å². The fourth-order valence-electron chi connectivity index (χ4n) is 0.972. The molecule has 5 heteroatoms. The van der Waals surface area contributed by atoms with Crippen molar-refractivity contribution in [1.29, 1.82) is 0 Å². The summed E-state index contributed by atoms with van der Waals surface area (Å²) in [6.45, 7) is 6.14. The molecule has 0 spiro atoms. The highest BCUT2D eigenvalue weighted by Gasteiger charge is 2.11. The highest BCUT2D eigenvalue weighted by molar-refractivity contribution is 6.02. The summed E-state index contributed by atoms with van der Waals surface area (Å²) in [5.74, 6) is -0.174. The smallest absolute Gasteiger partial charge is 0.294 e. The van der Waals surface area contributed by atoms with Crippen molar-refractivity contribution in [2.45, 2.75) is 6.92 Å². The molecule has 0 bridgehead atoms. The van der Waals surface area contributed by atoms with Crippen LogP contribution < -0.4 is 5.32 Å². The lowest BCUT2D eigenvalue weighted by molar-refractivity contribution is 0.0939. The Morgan fingerprint density at radius 3 is 3.12 bits per heavy atom. The number of carbonyl (C=O) groups is 1. The number of furan rings is 1. The van der Waals surface area contributed by atoms with Crippen LogP contribution in [0.3, 0.4) is 0 Å². The minimum Gasteiger partial charge on any atom is -0.465 e. The van der Waals surface area contributed by atoms with Gasteiger partial charge in [0, 0.05) is 0 Å². The standard InChI is InChI=1S/C11H14N2O3/c1-3-7-12-11(15-4-2)13-10(14)9-6-5-8-16-9/h3,5-6,8H,1,4,7H2,2H3,(H,12,13,14). The third-order valence-corrected chi connectivity index (χ3v) is 1.61. The molecule has 0 aliphatic heterocycles. The summed E-state index contributed by atoms with van der Waals surface area (Å²) in [5.41, 5.74) is 0. The van der Waals surface area contributed by atoms with E-state index in [1.165, 1.54) is 6.26 Å². The molecule has 0 aliphatic carbocycles. The molecule has 5 nitrogen and oxygen atoms in total. The minimum absolute atomic E-state index is 0.170. The van der Waals surface area contributed by atoms with Crippen LogP contribution in [0.1, 0.15) is 17.5 Å². The van der Waals surface area contributed by atoms with Gasteiger partial charge in [0.1, 0.15) is 0 Å². The van der Waals surface area contributed by atoms with E-state index in [-0.39, 0.29) is 17.7 Å². The molecule has 1 amide bonds. The Kier molecular flexibility index (Phi) is 4.85. The Morgan fingerprint density at radius 1 is 1.75 bits per heavy atom. The number of hydrogen-bond acceptors (Lipinski definition) is 4. The minimum atomic E-state index is -0.388. The zero-order valence-electron chi connectivity index (χ0n) is 9.10. The molecule has 1 aromatic heterocycles. The van der Waals surface area contributed by atoms with E-state index in [1.807, 2.05) is 6.92 Å². The maximum atomic E-state index is 11.6. The molecule has 0 saturated carbocycles. The predicted molar refractivity (Wildman–Crippen MR) is 60.3 cm³/mol. The Morgan fingerprint density at radius 2 is 2.56 bits per heavy atom. The van der Waals surface area contributed by atoms with Crippen molar-refractivity contribution in [3.63, 3.8) is 0 Å². The summed E-state index contributed by atoms with van der Waals surface area (Å²) in [6.07, 6.45) is 3.04. The summed E-state index contributed by atoms with van der Waals surface area (Å²) >= 11 is 0. The van der Waals surface area contributed by atoms with Gasteiger partial charge in [0.25, 0.3) is 11.9 Å². The predicted octanol–water partition coefficient (Wildman–Crippen LogP) is 1.59. The second-order valence-corrected chi connectivity index (χ2v) is 2.80. The topological polar surface area (TPSA) is 63.8 Å². The monoisotopic (exact) mass is 222 g/mol. The van der Waals surface area contributed by atoms with E-state index in [0.717, 1.165) is 0 Å². The average Bonchev–Trinajstić information content (AvgIpc) is 2.79. The number of nitrogens with zero attached hydrogens (tertiary/aromatic N) is 1. The molecule has 1 aromatic rings. The number of rotatable bonds is 4. The van der Waals surface area contributed by atoms with Crippen LogP contribution in [0.15, 0.2) is 40.5 Å². The molecular weight excluding hydrogens is 208 g/mol. The van der Waals surface area contributed by atoms with E-state index in [1.54, 1.807) is 18.2 Å². The van der Waals surface area contributed by atoms with Crippen LogP contribution in [0.2, 0.25) is 0 Å². The van der Waals surface area contributed by atoms with Crippen LogP contribution in [-0.4, -0.2) is 25.1 Å². The Labute approximate surface area is 93.8 Å². The highest BCUT2D eigenvalue weighted by atomic mass is 16.5. The quantitative estimate of drug-likeness (QED) is 0.478. The summed E-state index contributed by atoms with van der Waals surface area (Å²) in [7, 11) is 0. The van der Waals surface area contributed by atoms with Crippen molar-refractivity contribution >= 4 is 11.9 Å². The van der Waals surface area contributed by atoms with Crippen molar-refractivity contribution < 1.29 is 13.9 Å². The van der Waals surface area contributed by atoms with Crippen molar-refractivity contribution in [2.75, 3.05) is 13.2 Å². The summed E-state index contributed by atoms with van der Waals surface area (Å²) in [5, 5.41) is 2.50. The van der Waals surface area contributed by atoms with Crippen molar-refractivity contribution in [1.82, 2.24) is 5.32 Å². The van der Waals surface area contributed by atoms with Gasteiger partial charge in [-0.1, -0.05) is 6.08 Å². The molecule has 16 heavy (non-hydrogen) atoms. The molecule has 1 heterocycles. The first-order valence-electron chi connectivity index (χ1n) is 4.91. The highest BCUT2D eigenvalue weighted by Crippen LogP contribution is 1.99. The van der Waals surface area contributed by atoms with Gasteiger partial charge in [0.05, 0.1) is 19.4 Å². The molecular formula is C11H14N2O3. The van der Waals surface area contributed by atoms with E-state index >= 15 is 0 Å². The third kappa shape index (κ3) is 3.61. The number of carbonyl (C=O) groups excluding carboxylic acids is 1. The molecule has 0 aromatic carbocycles. The lowest BCUT2D eigenvalue weighted by atomic mass is 10.4. The lowest BCUT2D eigenvalue weighted by Gasteiger charge is -2.07. The van der Waals surface area contributed by atoms with E-state index in [9.17, 15) is 4.79 Å².